The van der Waals surface area contributed by atoms with Gasteiger partial charge in [-0.3, -0.25) is 4.68 Å². The van der Waals surface area contributed by atoms with Crippen molar-refractivity contribution >= 4 is 0 Å². The van der Waals surface area contributed by atoms with E-state index in [1.807, 2.05) is 32.7 Å². The maximum atomic E-state index is 4.22. The number of hydrogen-bond donors (Lipinski definition) is 2. The Morgan fingerprint density at radius 2 is 2.43 bits per heavy atom. The third-order valence-electron chi connectivity index (χ3n) is 2.14. The van der Waals surface area contributed by atoms with Gasteiger partial charge in [-0.1, -0.05) is 0 Å². The molecule has 0 saturated heterocycles. The Morgan fingerprint density at radius 3 is 2.93 bits per heavy atom. The standard InChI is InChI=1S/C9H13N5/c1-10-8(9-11-3-4-12-9)7-5-13-14(2)6-7/h3-6,8,10H,1-2H3,(H,11,12). The summed E-state index contributed by atoms with van der Waals surface area (Å²) in [7, 11) is 3.80. The molecule has 0 saturated carbocycles. The number of nitrogens with one attached hydrogen (secondary N) is 2. The number of aromatic amines is 1. The molecule has 2 N–H and O–H groups in total. The second kappa shape index (κ2) is 3.63. The predicted octanol–water partition coefficient (Wildman–Crippen LogP) is 0.452. The van der Waals surface area contributed by atoms with E-state index in [0.29, 0.717) is 0 Å². The molecule has 1 unspecified atom stereocenters. The largest absolute Gasteiger partial charge is 0.347 e. The number of rotatable bonds is 3. The van der Waals surface area contributed by atoms with Crippen molar-refractivity contribution in [3.05, 3.63) is 36.2 Å². The minimum Gasteiger partial charge on any atom is -0.347 e. The Hall–Kier alpha value is -1.62. The molecule has 0 spiro atoms. The van der Waals surface area contributed by atoms with Crippen molar-refractivity contribution < 1.29 is 0 Å². The van der Waals surface area contributed by atoms with Gasteiger partial charge in [0.05, 0.1) is 12.2 Å². The van der Waals surface area contributed by atoms with Crippen LogP contribution in [0.4, 0.5) is 0 Å². The predicted molar refractivity (Wildman–Crippen MR) is 52.7 cm³/mol. The van der Waals surface area contributed by atoms with Gasteiger partial charge in [-0.05, 0) is 7.05 Å². The maximum Gasteiger partial charge on any atom is 0.127 e. The normalized spacial score (nSPS) is 13.0. The molecule has 2 heterocycles. The molecule has 1 atom stereocenters. The first-order valence-electron chi connectivity index (χ1n) is 4.46. The molecule has 14 heavy (non-hydrogen) atoms. The zero-order chi connectivity index (χ0) is 9.97. The van der Waals surface area contributed by atoms with E-state index in [0.717, 1.165) is 11.4 Å². The highest BCUT2D eigenvalue weighted by Crippen LogP contribution is 2.16. The number of H-pyrrole nitrogens is 1. The Kier molecular flexibility index (Phi) is 2.32. The van der Waals surface area contributed by atoms with Crippen LogP contribution in [0.15, 0.2) is 24.8 Å². The van der Waals surface area contributed by atoms with Gasteiger partial charge in [0.25, 0.3) is 0 Å². The smallest absolute Gasteiger partial charge is 0.127 e. The van der Waals surface area contributed by atoms with Crippen molar-refractivity contribution in [2.24, 2.45) is 7.05 Å². The van der Waals surface area contributed by atoms with E-state index in [1.54, 1.807) is 10.9 Å². The van der Waals surface area contributed by atoms with Crippen LogP contribution >= 0.6 is 0 Å². The van der Waals surface area contributed by atoms with Gasteiger partial charge in [-0.25, -0.2) is 4.98 Å². The molecular weight excluding hydrogens is 178 g/mol. The Labute approximate surface area is 82.2 Å². The SMILES string of the molecule is CNC(c1cnn(C)c1)c1ncc[nH]1. The molecule has 2 aromatic heterocycles. The van der Waals surface area contributed by atoms with Gasteiger partial charge in [0.1, 0.15) is 5.82 Å². The topological polar surface area (TPSA) is 58.5 Å². The highest BCUT2D eigenvalue weighted by atomic mass is 15.2. The van der Waals surface area contributed by atoms with Crippen LogP contribution in [0.3, 0.4) is 0 Å². The van der Waals surface area contributed by atoms with Crippen LogP contribution in [0.1, 0.15) is 17.4 Å². The van der Waals surface area contributed by atoms with E-state index in [2.05, 4.69) is 20.4 Å². The number of aromatic nitrogens is 4. The van der Waals surface area contributed by atoms with Crippen molar-refractivity contribution in [2.45, 2.75) is 6.04 Å². The van der Waals surface area contributed by atoms with Crippen molar-refractivity contribution in [3.8, 4) is 0 Å². The first kappa shape index (κ1) is 8.96. The molecule has 0 amide bonds. The number of aryl methyl sites for hydroxylation is 1. The lowest BCUT2D eigenvalue weighted by atomic mass is 10.1. The summed E-state index contributed by atoms with van der Waals surface area (Å²) < 4.78 is 1.78. The van der Waals surface area contributed by atoms with Gasteiger partial charge in [0.2, 0.25) is 0 Å². The van der Waals surface area contributed by atoms with Crippen LogP contribution in [-0.2, 0) is 7.05 Å². The van der Waals surface area contributed by atoms with Crippen molar-refractivity contribution in [1.82, 2.24) is 25.1 Å². The molecule has 0 bridgehead atoms. The second-order valence-electron chi connectivity index (χ2n) is 3.14. The molecule has 5 nitrogen and oxygen atoms in total. The fourth-order valence-corrected chi connectivity index (χ4v) is 1.49. The Morgan fingerprint density at radius 1 is 1.57 bits per heavy atom. The fraction of sp³-hybridized carbons (Fsp3) is 0.333. The molecule has 2 rings (SSSR count). The van der Waals surface area contributed by atoms with E-state index in [4.69, 9.17) is 0 Å². The van der Waals surface area contributed by atoms with Crippen molar-refractivity contribution in [3.63, 3.8) is 0 Å². The van der Waals surface area contributed by atoms with Gasteiger partial charge < -0.3 is 10.3 Å². The summed E-state index contributed by atoms with van der Waals surface area (Å²) in [5.41, 5.74) is 1.10. The number of nitrogens with zero attached hydrogens (tertiary/aromatic N) is 3. The van der Waals surface area contributed by atoms with Crippen LogP contribution in [0.25, 0.3) is 0 Å². The lowest BCUT2D eigenvalue weighted by Gasteiger charge is -2.10. The Bertz CT molecular complexity index is 389. The van der Waals surface area contributed by atoms with Crippen LogP contribution in [0, 0.1) is 0 Å². The lowest BCUT2D eigenvalue weighted by Crippen LogP contribution is -2.18. The van der Waals surface area contributed by atoms with Gasteiger partial charge in [-0.15, -0.1) is 0 Å². The Balaban J connectivity index is 2.31. The maximum absolute atomic E-state index is 4.22. The molecule has 5 heteroatoms. The summed E-state index contributed by atoms with van der Waals surface area (Å²) in [5, 5.41) is 7.32. The zero-order valence-corrected chi connectivity index (χ0v) is 8.23. The van der Waals surface area contributed by atoms with E-state index in [9.17, 15) is 0 Å². The molecule has 0 aliphatic carbocycles. The van der Waals surface area contributed by atoms with Gasteiger partial charge in [0.15, 0.2) is 0 Å². The molecule has 0 radical (unpaired) electrons. The summed E-state index contributed by atoms with van der Waals surface area (Å²) in [6.07, 6.45) is 7.37. The average molecular weight is 191 g/mol. The van der Waals surface area contributed by atoms with E-state index >= 15 is 0 Å². The minimum absolute atomic E-state index is 0.0821. The van der Waals surface area contributed by atoms with Crippen LogP contribution in [0.5, 0.6) is 0 Å². The van der Waals surface area contributed by atoms with E-state index in [1.165, 1.54) is 0 Å². The van der Waals surface area contributed by atoms with E-state index in [-0.39, 0.29) is 6.04 Å². The molecule has 0 aliphatic heterocycles. The minimum atomic E-state index is 0.0821. The number of imidazole rings is 1. The molecule has 2 aromatic rings. The summed E-state index contributed by atoms with van der Waals surface area (Å²) in [5.74, 6) is 0.903. The second-order valence-corrected chi connectivity index (χ2v) is 3.14. The molecule has 74 valence electrons. The monoisotopic (exact) mass is 191 g/mol. The van der Waals surface area contributed by atoms with Crippen molar-refractivity contribution in [1.29, 1.82) is 0 Å². The summed E-state index contributed by atoms with van der Waals surface area (Å²) >= 11 is 0. The summed E-state index contributed by atoms with van der Waals surface area (Å²) in [6, 6.07) is 0.0821. The van der Waals surface area contributed by atoms with Gasteiger partial charge in [-0.2, -0.15) is 5.10 Å². The third kappa shape index (κ3) is 1.54. The molecular formula is C9H13N5. The quantitative estimate of drug-likeness (QED) is 0.740. The molecule has 0 aromatic carbocycles. The highest BCUT2D eigenvalue weighted by Gasteiger charge is 2.15. The highest BCUT2D eigenvalue weighted by molar-refractivity contribution is 5.18. The average Bonchev–Trinajstić information content (AvgIpc) is 2.79. The first-order chi connectivity index (χ1) is 6.81. The zero-order valence-electron chi connectivity index (χ0n) is 8.23. The third-order valence-corrected chi connectivity index (χ3v) is 2.14. The summed E-state index contributed by atoms with van der Waals surface area (Å²) in [4.78, 5) is 7.30. The van der Waals surface area contributed by atoms with Crippen LogP contribution < -0.4 is 5.32 Å². The van der Waals surface area contributed by atoms with Crippen LogP contribution in [-0.4, -0.2) is 26.8 Å². The lowest BCUT2D eigenvalue weighted by molar-refractivity contribution is 0.653. The van der Waals surface area contributed by atoms with Gasteiger partial charge in [0, 0.05) is 31.2 Å². The summed E-state index contributed by atoms with van der Waals surface area (Å²) in [6.45, 7) is 0. The van der Waals surface area contributed by atoms with Gasteiger partial charge >= 0.3 is 0 Å². The molecule has 0 aliphatic rings. The number of hydrogen-bond acceptors (Lipinski definition) is 3. The first-order valence-corrected chi connectivity index (χ1v) is 4.46. The van der Waals surface area contributed by atoms with Crippen LogP contribution in [0.2, 0.25) is 0 Å². The molecule has 0 fully saturated rings. The fourth-order valence-electron chi connectivity index (χ4n) is 1.49. The van der Waals surface area contributed by atoms with E-state index < -0.39 is 0 Å². The van der Waals surface area contributed by atoms with Crippen molar-refractivity contribution in [2.75, 3.05) is 7.05 Å².